The van der Waals surface area contributed by atoms with Gasteiger partial charge in [0, 0.05) is 41.0 Å². The number of hydrogen-bond donors (Lipinski definition) is 2. The predicted octanol–water partition coefficient (Wildman–Crippen LogP) is 3.29. The lowest BCUT2D eigenvalue weighted by Crippen LogP contribution is -2.31. The van der Waals surface area contributed by atoms with E-state index >= 15 is 0 Å². The van der Waals surface area contributed by atoms with Gasteiger partial charge in [0.25, 0.3) is 0 Å². The Kier molecular flexibility index (Phi) is 5.35. The van der Waals surface area contributed by atoms with Crippen molar-refractivity contribution in [3.8, 4) is 0 Å². The fourth-order valence-corrected chi connectivity index (χ4v) is 3.75. The van der Waals surface area contributed by atoms with Crippen molar-refractivity contribution in [2.24, 2.45) is 0 Å². The summed E-state index contributed by atoms with van der Waals surface area (Å²) in [7, 11) is 0. The molecule has 0 fully saturated rings. The highest BCUT2D eigenvalue weighted by molar-refractivity contribution is 7.99. The summed E-state index contributed by atoms with van der Waals surface area (Å²) in [4.78, 5) is 21.5. The van der Waals surface area contributed by atoms with Gasteiger partial charge in [-0.25, -0.2) is 9.97 Å². The molecule has 120 valence electrons. The first-order chi connectivity index (χ1) is 11.2. The summed E-state index contributed by atoms with van der Waals surface area (Å²) in [6, 6.07) is 7.65. The first-order valence-electron chi connectivity index (χ1n) is 7.45. The van der Waals surface area contributed by atoms with Crippen LogP contribution in [-0.4, -0.2) is 28.2 Å². The Balaban J connectivity index is 1.54. The predicted molar refractivity (Wildman–Crippen MR) is 92.8 cm³/mol. The number of thioether (sulfide) groups is 1. The Morgan fingerprint density at radius 3 is 3.00 bits per heavy atom. The second-order valence-electron chi connectivity index (χ2n) is 5.19. The Hall–Kier alpha value is -1.79. The van der Waals surface area contributed by atoms with Crippen molar-refractivity contribution in [3.63, 3.8) is 0 Å². The van der Waals surface area contributed by atoms with Gasteiger partial charge in [-0.15, -0.1) is 11.8 Å². The first kappa shape index (κ1) is 16.1. The maximum absolute atomic E-state index is 12.2. The summed E-state index contributed by atoms with van der Waals surface area (Å²) in [5, 5.41) is 6.83. The molecule has 1 aromatic heterocycles. The molecule has 0 saturated carbocycles. The molecule has 3 rings (SSSR count). The number of amides is 1. The lowest BCUT2D eigenvalue weighted by molar-refractivity contribution is -0.121. The minimum absolute atomic E-state index is 0.0104. The van der Waals surface area contributed by atoms with Crippen LogP contribution in [0.3, 0.4) is 0 Å². The molecule has 7 heteroatoms. The van der Waals surface area contributed by atoms with Crippen molar-refractivity contribution in [3.05, 3.63) is 47.2 Å². The Labute approximate surface area is 144 Å². The number of fused-ring (bicyclic) bond motifs is 1. The summed E-state index contributed by atoms with van der Waals surface area (Å²) in [5.74, 6) is 1.54. The molecular weight excluding hydrogens is 332 g/mol. The summed E-state index contributed by atoms with van der Waals surface area (Å²) in [6.07, 6.45) is 4.61. The highest BCUT2D eigenvalue weighted by atomic mass is 35.5. The highest BCUT2D eigenvalue weighted by Crippen LogP contribution is 2.37. The topological polar surface area (TPSA) is 66.9 Å². The largest absolute Gasteiger partial charge is 0.354 e. The SMILES string of the molecule is O=C(CCNc1ncccn1)N[C@@H]1CCSc2ccc(Cl)cc21. The van der Waals surface area contributed by atoms with Gasteiger partial charge in [0.2, 0.25) is 11.9 Å². The van der Waals surface area contributed by atoms with Gasteiger partial charge < -0.3 is 10.6 Å². The van der Waals surface area contributed by atoms with Crippen LogP contribution in [0.5, 0.6) is 0 Å². The Bertz CT molecular complexity index is 683. The molecule has 2 aromatic rings. The number of anilines is 1. The molecule has 1 aromatic carbocycles. The van der Waals surface area contributed by atoms with E-state index in [-0.39, 0.29) is 11.9 Å². The van der Waals surface area contributed by atoms with E-state index in [2.05, 4.69) is 20.6 Å². The van der Waals surface area contributed by atoms with Gasteiger partial charge in [0.05, 0.1) is 6.04 Å². The third kappa shape index (κ3) is 4.36. The molecule has 2 heterocycles. The van der Waals surface area contributed by atoms with Gasteiger partial charge in [0.1, 0.15) is 0 Å². The number of carbonyl (C=O) groups excluding carboxylic acids is 1. The summed E-state index contributed by atoms with van der Waals surface area (Å²) < 4.78 is 0. The van der Waals surface area contributed by atoms with E-state index in [1.54, 1.807) is 30.2 Å². The van der Waals surface area contributed by atoms with E-state index in [9.17, 15) is 4.79 Å². The molecule has 23 heavy (non-hydrogen) atoms. The summed E-state index contributed by atoms with van der Waals surface area (Å²) >= 11 is 7.89. The van der Waals surface area contributed by atoms with Gasteiger partial charge in [-0.1, -0.05) is 11.6 Å². The van der Waals surface area contributed by atoms with E-state index in [1.165, 1.54) is 4.90 Å². The van der Waals surface area contributed by atoms with Crippen LogP contribution in [0.4, 0.5) is 5.95 Å². The number of carbonyl (C=O) groups is 1. The number of aromatic nitrogens is 2. The molecule has 1 aliphatic heterocycles. The van der Waals surface area contributed by atoms with Crippen molar-refractivity contribution in [1.29, 1.82) is 0 Å². The van der Waals surface area contributed by atoms with Crippen LogP contribution >= 0.6 is 23.4 Å². The van der Waals surface area contributed by atoms with Crippen LogP contribution in [0, 0.1) is 0 Å². The van der Waals surface area contributed by atoms with E-state index in [4.69, 9.17) is 11.6 Å². The molecule has 0 spiro atoms. The van der Waals surface area contributed by atoms with Crippen molar-refractivity contribution < 1.29 is 4.79 Å². The van der Waals surface area contributed by atoms with E-state index < -0.39 is 0 Å². The van der Waals surface area contributed by atoms with E-state index in [0.717, 1.165) is 17.7 Å². The number of halogens is 1. The molecule has 0 aliphatic carbocycles. The lowest BCUT2D eigenvalue weighted by atomic mass is 10.0. The third-order valence-corrected chi connectivity index (χ3v) is 4.91. The minimum atomic E-state index is 0.0104. The van der Waals surface area contributed by atoms with Crippen molar-refractivity contribution in [2.45, 2.75) is 23.8 Å². The maximum Gasteiger partial charge on any atom is 0.222 e. The Morgan fingerprint density at radius 1 is 1.35 bits per heavy atom. The molecule has 1 aliphatic rings. The van der Waals surface area contributed by atoms with Crippen LogP contribution in [-0.2, 0) is 4.79 Å². The molecule has 0 saturated heterocycles. The molecule has 5 nitrogen and oxygen atoms in total. The fraction of sp³-hybridized carbons (Fsp3) is 0.312. The molecular formula is C16H17ClN4OS. The summed E-state index contributed by atoms with van der Waals surface area (Å²) in [5.41, 5.74) is 1.11. The van der Waals surface area contributed by atoms with Crippen LogP contribution < -0.4 is 10.6 Å². The molecule has 0 unspecified atom stereocenters. The van der Waals surface area contributed by atoms with Crippen LogP contribution in [0.1, 0.15) is 24.4 Å². The Morgan fingerprint density at radius 2 is 2.17 bits per heavy atom. The van der Waals surface area contributed by atoms with E-state index in [1.807, 2.05) is 18.2 Å². The van der Waals surface area contributed by atoms with Crippen molar-refractivity contribution >= 4 is 35.2 Å². The lowest BCUT2D eigenvalue weighted by Gasteiger charge is -2.26. The van der Waals surface area contributed by atoms with Gasteiger partial charge in [0.15, 0.2) is 0 Å². The quantitative estimate of drug-likeness (QED) is 0.868. The number of nitrogens with zero attached hydrogens (tertiary/aromatic N) is 2. The van der Waals surface area contributed by atoms with Crippen molar-refractivity contribution in [2.75, 3.05) is 17.6 Å². The average Bonchev–Trinajstić information content (AvgIpc) is 2.56. The van der Waals surface area contributed by atoms with Gasteiger partial charge >= 0.3 is 0 Å². The smallest absolute Gasteiger partial charge is 0.222 e. The monoisotopic (exact) mass is 348 g/mol. The first-order valence-corrected chi connectivity index (χ1v) is 8.81. The zero-order valence-corrected chi connectivity index (χ0v) is 14.0. The number of benzene rings is 1. The van der Waals surface area contributed by atoms with Crippen LogP contribution in [0.25, 0.3) is 0 Å². The van der Waals surface area contributed by atoms with E-state index in [0.29, 0.717) is 23.9 Å². The van der Waals surface area contributed by atoms with Gasteiger partial charge in [-0.05, 0) is 36.2 Å². The molecule has 1 amide bonds. The molecule has 0 radical (unpaired) electrons. The van der Waals surface area contributed by atoms with Gasteiger partial charge in [-0.3, -0.25) is 4.79 Å². The second-order valence-corrected chi connectivity index (χ2v) is 6.76. The standard InChI is InChI=1S/C16H17ClN4OS/c17-11-2-3-14-12(10-11)13(5-9-23-14)21-15(22)4-8-20-16-18-6-1-7-19-16/h1-3,6-7,10,13H,4-5,8-9H2,(H,21,22)(H,18,19,20)/t13-/m1/s1. The molecule has 1 atom stereocenters. The molecule has 0 bridgehead atoms. The average molecular weight is 349 g/mol. The summed E-state index contributed by atoms with van der Waals surface area (Å²) in [6.45, 7) is 0.500. The number of nitrogens with one attached hydrogen (secondary N) is 2. The van der Waals surface area contributed by atoms with Crippen molar-refractivity contribution in [1.82, 2.24) is 15.3 Å². The molecule has 2 N–H and O–H groups in total. The fourth-order valence-electron chi connectivity index (χ4n) is 2.46. The second kappa shape index (κ2) is 7.66. The highest BCUT2D eigenvalue weighted by Gasteiger charge is 2.22. The maximum atomic E-state index is 12.2. The zero-order chi connectivity index (χ0) is 16.1. The van der Waals surface area contributed by atoms with Crippen LogP contribution in [0.2, 0.25) is 5.02 Å². The van der Waals surface area contributed by atoms with Crippen LogP contribution in [0.15, 0.2) is 41.6 Å². The zero-order valence-electron chi connectivity index (χ0n) is 12.5. The minimum Gasteiger partial charge on any atom is -0.354 e. The third-order valence-electron chi connectivity index (χ3n) is 3.55. The van der Waals surface area contributed by atoms with Gasteiger partial charge in [-0.2, -0.15) is 0 Å². The normalized spacial score (nSPS) is 16.5. The number of rotatable bonds is 5. The number of hydrogen-bond acceptors (Lipinski definition) is 5.